The quantitative estimate of drug-likeness (QED) is 0.222. The predicted octanol–water partition coefficient (Wildman–Crippen LogP) is 5.84. The van der Waals surface area contributed by atoms with Crippen molar-refractivity contribution in [2.45, 2.75) is 45.3 Å². The van der Waals surface area contributed by atoms with Gasteiger partial charge in [0, 0.05) is 35.6 Å². The van der Waals surface area contributed by atoms with E-state index in [1.54, 1.807) is 32.3 Å². The molecule has 5 rings (SSSR count). The lowest BCUT2D eigenvalue weighted by Crippen LogP contribution is -2.39. The molecule has 1 amide bonds. The van der Waals surface area contributed by atoms with Gasteiger partial charge in [-0.1, -0.05) is 12.1 Å². The van der Waals surface area contributed by atoms with Gasteiger partial charge >= 0.3 is 12.1 Å². The minimum Gasteiger partial charge on any atom is -0.445 e. The van der Waals surface area contributed by atoms with E-state index in [9.17, 15) is 4.79 Å². The Morgan fingerprint density at radius 3 is 2.47 bits per heavy atom. The summed E-state index contributed by atoms with van der Waals surface area (Å²) in [5.74, 6) is 6.65. The fourth-order valence-electron chi connectivity index (χ4n) is 4.13. The number of aromatic nitrogens is 3. The Kier molecular flexibility index (Phi) is 5.90. The molecule has 0 spiro atoms. The van der Waals surface area contributed by atoms with Crippen LogP contribution in [0, 0.1) is 0 Å². The van der Waals surface area contributed by atoms with Crippen LogP contribution in [0.4, 0.5) is 10.5 Å². The zero-order valence-corrected chi connectivity index (χ0v) is 19.2. The summed E-state index contributed by atoms with van der Waals surface area (Å²) in [7, 11) is 0. The number of carbonyl (C=O) groups is 1. The summed E-state index contributed by atoms with van der Waals surface area (Å²) in [6.07, 6.45) is 5.99. The number of amides is 1. The van der Waals surface area contributed by atoms with Gasteiger partial charge in [-0.3, -0.25) is 0 Å². The molecule has 2 N–H and O–H groups in total. The molecule has 0 radical (unpaired) electrons. The lowest BCUT2D eigenvalue weighted by molar-refractivity contribution is 0.122. The number of nitrogens with zero attached hydrogens (tertiary/aromatic N) is 4. The smallest absolute Gasteiger partial charge is 0.429 e. The molecule has 0 saturated heterocycles. The number of rotatable bonds is 6. The van der Waals surface area contributed by atoms with Crippen molar-refractivity contribution in [1.29, 1.82) is 0 Å². The van der Waals surface area contributed by atoms with Crippen molar-refractivity contribution in [2.24, 2.45) is 5.84 Å². The number of fused-ring (bicyclic) bond motifs is 1. The maximum atomic E-state index is 12.1. The third-order valence-electron chi connectivity index (χ3n) is 5.98. The van der Waals surface area contributed by atoms with Crippen molar-refractivity contribution in [3.63, 3.8) is 0 Å². The van der Waals surface area contributed by atoms with Gasteiger partial charge in [0.25, 0.3) is 0 Å². The summed E-state index contributed by atoms with van der Waals surface area (Å²) < 4.78 is 13.5. The fourth-order valence-corrected chi connectivity index (χ4v) is 4.13. The lowest BCUT2D eigenvalue weighted by atomic mass is 9.92. The van der Waals surface area contributed by atoms with Gasteiger partial charge in [0.15, 0.2) is 0 Å². The SMILES string of the molecule is CC(C)OC(=O)N(N)c1ccc(-c2cc3ccc(Oc4ncccn4)cc3n2C2CCC2)cc1. The molecule has 2 aromatic heterocycles. The molecule has 1 saturated carbocycles. The summed E-state index contributed by atoms with van der Waals surface area (Å²) in [5.41, 5.74) is 3.84. The van der Waals surface area contributed by atoms with Crippen molar-refractivity contribution in [3.8, 4) is 23.0 Å². The average molecular weight is 458 g/mol. The normalized spacial score (nSPS) is 13.6. The third kappa shape index (κ3) is 4.32. The van der Waals surface area contributed by atoms with Crippen LogP contribution in [0.25, 0.3) is 22.2 Å². The first-order valence-electron chi connectivity index (χ1n) is 11.5. The topological polar surface area (TPSA) is 95.5 Å². The molecule has 4 aromatic rings. The number of anilines is 1. The monoisotopic (exact) mass is 457 g/mol. The highest BCUT2D eigenvalue weighted by molar-refractivity contribution is 5.90. The molecule has 8 nitrogen and oxygen atoms in total. The van der Waals surface area contributed by atoms with Gasteiger partial charge in [-0.15, -0.1) is 0 Å². The Morgan fingerprint density at radius 1 is 1.09 bits per heavy atom. The first kappa shape index (κ1) is 21.9. The Labute approximate surface area is 197 Å². The standard InChI is InChI=1S/C26H27N5O3/c1-17(2)33-26(32)31(27)21-10-7-18(8-11-21)23-15-19-9-12-22(34-25-28-13-4-14-29-25)16-24(19)30(23)20-5-3-6-20/h4,7-17,20H,3,5-6,27H2,1-2H3. The molecule has 0 aliphatic heterocycles. The van der Waals surface area contributed by atoms with Crippen molar-refractivity contribution in [2.75, 3.05) is 5.01 Å². The Bertz CT molecular complexity index is 1300. The largest absolute Gasteiger partial charge is 0.445 e. The number of ether oxygens (including phenoxy) is 2. The van der Waals surface area contributed by atoms with Crippen LogP contribution >= 0.6 is 0 Å². The molecule has 174 valence electrons. The van der Waals surface area contributed by atoms with Gasteiger partial charge in [0.1, 0.15) is 5.75 Å². The first-order valence-corrected chi connectivity index (χ1v) is 11.5. The highest BCUT2D eigenvalue weighted by Crippen LogP contribution is 2.41. The number of hydrogen-bond acceptors (Lipinski definition) is 6. The summed E-state index contributed by atoms with van der Waals surface area (Å²) in [6, 6.07) is 18.4. The number of hydrazine groups is 1. The molecule has 0 atom stereocenters. The maximum Gasteiger partial charge on any atom is 0.429 e. The van der Waals surface area contributed by atoms with Gasteiger partial charge in [-0.2, -0.15) is 0 Å². The zero-order valence-electron chi connectivity index (χ0n) is 19.2. The summed E-state index contributed by atoms with van der Waals surface area (Å²) >= 11 is 0. The van der Waals surface area contributed by atoms with E-state index in [4.69, 9.17) is 15.3 Å². The summed E-state index contributed by atoms with van der Waals surface area (Å²) in [6.45, 7) is 3.58. The van der Waals surface area contributed by atoms with E-state index in [2.05, 4.69) is 26.7 Å². The Balaban J connectivity index is 1.48. The first-order chi connectivity index (χ1) is 16.5. The Morgan fingerprint density at radius 2 is 1.82 bits per heavy atom. The van der Waals surface area contributed by atoms with E-state index in [0.717, 1.165) is 40.0 Å². The minimum absolute atomic E-state index is 0.238. The van der Waals surface area contributed by atoms with E-state index in [1.165, 1.54) is 6.42 Å². The Hall–Kier alpha value is -3.91. The molecule has 8 heteroatoms. The number of benzene rings is 2. The molecular weight excluding hydrogens is 430 g/mol. The van der Waals surface area contributed by atoms with Gasteiger partial charge in [0.2, 0.25) is 0 Å². The summed E-state index contributed by atoms with van der Waals surface area (Å²) in [4.78, 5) is 20.4. The molecule has 0 unspecified atom stereocenters. The van der Waals surface area contributed by atoms with E-state index in [1.807, 2.05) is 36.4 Å². The second-order valence-electron chi connectivity index (χ2n) is 8.69. The minimum atomic E-state index is -0.582. The molecule has 1 aliphatic carbocycles. The number of nitrogens with two attached hydrogens (primary N) is 1. The molecular formula is C26H27N5O3. The predicted molar refractivity (Wildman–Crippen MR) is 131 cm³/mol. The van der Waals surface area contributed by atoms with Crippen molar-refractivity contribution < 1.29 is 14.3 Å². The third-order valence-corrected chi connectivity index (χ3v) is 5.98. The van der Waals surface area contributed by atoms with Crippen LogP contribution in [0.5, 0.6) is 11.8 Å². The molecule has 1 aliphatic rings. The van der Waals surface area contributed by atoms with E-state index in [-0.39, 0.29) is 6.10 Å². The zero-order chi connectivity index (χ0) is 23.7. The average Bonchev–Trinajstić information content (AvgIpc) is 3.16. The van der Waals surface area contributed by atoms with Crippen molar-refractivity contribution in [3.05, 3.63) is 67.0 Å². The lowest BCUT2D eigenvalue weighted by Gasteiger charge is -2.30. The van der Waals surface area contributed by atoms with Crippen molar-refractivity contribution >= 4 is 22.7 Å². The molecule has 34 heavy (non-hydrogen) atoms. The summed E-state index contributed by atoms with van der Waals surface area (Å²) in [5, 5.41) is 2.16. The second-order valence-corrected chi connectivity index (χ2v) is 8.69. The highest BCUT2D eigenvalue weighted by Gasteiger charge is 2.25. The number of carbonyl (C=O) groups excluding carboxylic acids is 1. The van der Waals surface area contributed by atoms with E-state index in [0.29, 0.717) is 23.5 Å². The van der Waals surface area contributed by atoms with E-state index >= 15 is 0 Å². The van der Waals surface area contributed by atoms with Crippen molar-refractivity contribution in [1.82, 2.24) is 14.5 Å². The van der Waals surface area contributed by atoms with Crippen LogP contribution in [0.3, 0.4) is 0 Å². The van der Waals surface area contributed by atoms with Crippen LogP contribution in [0.2, 0.25) is 0 Å². The van der Waals surface area contributed by atoms with Crippen LogP contribution in [0.1, 0.15) is 39.2 Å². The fraction of sp³-hybridized carbons (Fsp3) is 0.269. The molecule has 1 fully saturated rings. The second kappa shape index (κ2) is 9.15. The van der Waals surface area contributed by atoms with Crippen LogP contribution in [0.15, 0.2) is 67.0 Å². The van der Waals surface area contributed by atoms with Crippen LogP contribution in [-0.4, -0.2) is 26.7 Å². The highest BCUT2D eigenvalue weighted by atomic mass is 16.6. The van der Waals surface area contributed by atoms with Gasteiger partial charge in [0.05, 0.1) is 17.3 Å². The van der Waals surface area contributed by atoms with Gasteiger partial charge in [-0.25, -0.2) is 25.6 Å². The van der Waals surface area contributed by atoms with Crippen LogP contribution in [-0.2, 0) is 4.74 Å². The molecule has 0 bridgehead atoms. The molecule has 2 aromatic carbocycles. The molecule has 2 heterocycles. The number of hydrogen-bond donors (Lipinski definition) is 1. The van der Waals surface area contributed by atoms with E-state index < -0.39 is 6.09 Å². The van der Waals surface area contributed by atoms with Gasteiger partial charge in [-0.05, 0) is 75.1 Å². The maximum absolute atomic E-state index is 12.1. The van der Waals surface area contributed by atoms with Gasteiger partial charge < -0.3 is 14.0 Å². The van der Waals surface area contributed by atoms with Crippen LogP contribution < -0.4 is 15.6 Å².